The Bertz CT molecular complexity index is 1300. The molecule has 0 amide bonds. The van der Waals surface area contributed by atoms with Gasteiger partial charge in [-0.25, -0.2) is 0 Å². The van der Waals surface area contributed by atoms with Crippen molar-refractivity contribution in [2.45, 2.75) is 6.42 Å². The first-order valence-corrected chi connectivity index (χ1v) is 12.7. The van der Waals surface area contributed by atoms with Crippen LogP contribution in [0.2, 0.25) is 10.0 Å². The summed E-state index contributed by atoms with van der Waals surface area (Å²) in [6.07, 6.45) is 4.45. The molecule has 0 radical (unpaired) electrons. The van der Waals surface area contributed by atoms with Gasteiger partial charge < -0.3 is 9.80 Å². The minimum absolute atomic E-state index is 0.685. The predicted octanol–water partition coefficient (Wildman–Crippen LogP) is 8.22. The summed E-state index contributed by atoms with van der Waals surface area (Å²) in [6, 6.07) is 28.5. The molecular formula is C31H30Cl2N4. The van der Waals surface area contributed by atoms with Gasteiger partial charge in [0, 0.05) is 63.1 Å². The fraction of sp³-hybridized carbons (Fsp3) is 0.161. The van der Waals surface area contributed by atoms with Crippen LogP contribution in [-0.4, -0.2) is 40.6 Å². The maximum atomic E-state index is 6.41. The Morgan fingerprint density at radius 1 is 0.568 bits per heavy atom. The fourth-order valence-electron chi connectivity index (χ4n) is 3.72. The van der Waals surface area contributed by atoms with E-state index < -0.39 is 0 Å². The number of hydrogen-bond donors (Lipinski definition) is 0. The SMILES string of the molecule is CN(C)c1ccc(C=Nc2ccc(Cc3ccc(N=Cc4ccc(N(C)C)cc4Cl)cc3)cc2)c(Cl)c1. The first-order valence-electron chi connectivity index (χ1n) is 12.0. The topological polar surface area (TPSA) is 31.2 Å². The van der Waals surface area contributed by atoms with Gasteiger partial charge in [-0.3, -0.25) is 9.98 Å². The highest BCUT2D eigenvalue weighted by Gasteiger charge is 2.03. The lowest BCUT2D eigenvalue weighted by Gasteiger charge is -2.13. The smallest absolute Gasteiger partial charge is 0.0630 e. The quantitative estimate of drug-likeness (QED) is 0.215. The van der Waals surface area contributed by atoms with E-state index in [1.807, 2.05) is 98.7 Å². The monoisotopic (exact) mass is 528 g/mol. The van der Waals surface area contributed by atoms with Crippen molar-refractivity contribution in [2.24, 2.45) is 9.98 Å². The Labute approximate surface area is 229 Å². The van der Waals surface area contributed by atoms with E-state index in [0.717, 1.165) is 40.3 Å². The lowest BCUT2D eigenvalue weighted by atomic mass is 10.0. The van der Waals surface area contributed by atoms with Gasteiger partial charge in [-0.2, -0.15) is 0 Å². The summed E-state index contributed by atoms with van der Waals surface area (Å²) in [6.45, 7) is 0. The number of rotatable bonds is 8. The van der Waals surface area contributed by atoms with E-state index >= 15 is 0 Å². The molecule has 37 heavy (non-hydrogen) atoms. The number of aliphatic imine (C=N–C) groups is 2. The van der Waals surface area contributed by atoms with Gasteiger partial charge in [-0.05, 0) is 78.2 Å². The third-order valence-electron chi connectivity index (χ3n) is 5.99. The number of benzene rings is 4. The van der Waals surface area contributed by atoms with Crippen molar-refractivity contribution in [3.63, 3.8) is 0 Å². The van der Waals surface area contributed by atoms with Crippen LogP contribution >= 0.6 is 23.2 Å². The van der Waals surface area contributed by atoms with Gasteiger partial charge >= 0.3 is 0 Å². The maximum Gasteiger partial charge on any atom is 0.0630 e. The molecule has 0 N–H and O–H groups in total. The Morgan fingerprint density at radius 3 is 1.27 bits per heavy atom. The molecule has 0 aliphatic heterocycles. The Balaban J connectivity index is 1.36. The standard InChI is InChI=1S/C31H30Cl2N4/c1-36(2)28-15-9-24(30(32)18-28)20-34-26-11-5-22(6-12-26)17-23-7-13-27(14-8-23)35-21-25-10-16-29(37(3)4)19-31(25)33/h5-16,18-21H,17H2,1-4H3. The van der Waals surface area contributed by atoms with Crippen LogP contribution in [0.5, 0.6) is 0 Å². The highest BCUT2D eigenvalue weighted by molar-refractivity contribution is 6.33. The van der Waals surface area contributed by atoms with Crippen LogP contribution < -0.4 is 9.80 Å². The van der Waals surface area contributed by atoms with Crippen molar-refractivity contribution >= 4 is 58.4 Å². The molecule has 0 bridgehead atoms. The predicted molar refractivity (Wildman–Crippen MR) is 162 cm³/mol. The molecule has 4 aromatic rings. The van der Waals surface area contributed by atoms with Crippen LogP contribution in [0.25, 0.3) is 0 Å². The third kappa shape index (κ3) is 7.22. The third-order valence-corrected chi connectivity index (χ3v) is 6.64. The van der Waals surface area contributed by atoms with Gasteiger partial charge in [-0.15, -0.1) is 0 Å². The van der Waals surface area contributed by atoms with E-state index in [1.165, 1.54) is 11.1 Å². The lowest BCUT2D eigenvalue weighted by Crippen LogP contribution is -2.08. The van der Waals surface area contributed by atoms with Crippen LogP contribution in [0.3, 0.4) is 0 Å². The van der Waals surface area contributed by atoms with Crippen LogP contribution in [-0.2, 0) is 6.42 Å². The Kier molecular flexibility index (Phi) is 8.65. The van der Waals surface area contributed by atoms with Crippen molar-refractivity contribution in [2.75, 3.05) is 38.0 Å². The van der Waals surface area contributed by atoms with Crippen molar-refractivity contribution in [3.8, 4) is 0 Å². The number of halogens is 2. The average Bonchev–Trinajstić information content (AvgIpc) is 2.88. The molecule has 0 aromatic heterocycles. The fourth-order valence-corrected chi connectivity index (χ4v) is 4.17. The molecule has 4 nitrogen and oxygen atoms in total. The highest BCUT2D eigenvalue weighted by atomic mass is 35.5. The molecular weight excluding hydrogens is 499 g/mol. The van der Waals surface area contributed by atoms with Crippen LogP contribution in [0.4, 0.5) is 22.7 Å². The van der Waals surface area contributed by atoms with E-state index in [1.54, 1.807) is 12.4 Å². The molecule has 6 heteroatoms. The molecule has 0 atom stereocenters. The summed E-state index contributed by atoms with van der Waals surface area (Å²) in [5.41, 5.74) is 8.12. The summed E-state index contributed by atoms with van der Waals surface area (Å²) in [4.78, 5) is 13.2. The largest absolute Gasteiger partial charge is 0.378 e. The highest BCUT2D eigenvalue weighted by Crippen LogP contribution is 2.24. The molecule has 0 aliphatic carbocycles. The lowest BCUT2D eigenvalue weighted by molar-refractivity contribution is 1.13. The van der Waals surface area contributed by atoms with Gasteiger partial charge in [-0.1, -0.05) is 47.5 Å². The van der Waals surface area contributed by atoms with Gasteiger partial charge in [0.1, 0.15) is 0 Å². The normalized spacial score (nSPS) is 11.4. The zero-order valence-electron chi connectivity index (χ0n) is 21.5. The molecule has 4 aromatic carbocycles. The number of anilines is 2. The number of hydrogen-bond acceptors (Lipinski definition) is 4. The van der Waals surface area contributed by atoms with Gasteiger partial charge in [0.15, 0.2) is 0 Å². The molecule has 4 rings (SSSR count). The van der Waals surface area contributed by atoms with Crippen LogP contribution in [0.1, 0.15) is 22.3 Å². The van der Waals surface area contributed by atoms with Crippen LogP contribution in [0.15, 0.2) is 94.9 Å². The first-order chi connectivity index (χ1) is 17.8. The second-order valence-electron chi connectivity index (χ2n) is 9.23. The van der Waals surface area contributed by atoms with Crippen molar-refractivity contribution < 1.29 is 0 Å². The minimum atomic E-state index is 0.685. The van der Waals surface area contributed by atoms with Crippen molar-refractivity contribution in [3.05, 3.63) is 117 Å². The molecule has 0 fully saturated rings. The van der Waals surface area contributed by atoms with E-state index in [2.05, 4.69) is 34.3 Å². The van der Waals surface area contributed by atoms with Crippen molar-refractivity contribution in [1.29, 1.82) is 0 Å². The van der Waals surface area contributed by atoms with Crippen molar-refractivity contribution in [1.82, 2.24) is 0 Å². The van der Waals surface area contributed by atoms with Gasteiger partial charge in [0.25, 0.3) is 0 Å². The van der Waals surface area contributed by atoms with Gasteiger partial charge in [0.05, 0.1) is 21.4 Å². The molecule has 0 aliphatic rings. The summed E-state index contributed by atoms with van der Waals surface area (Å²) in [5, 5.41) is 1.37. The average molecular weight is 530 g/mol. The van der Waals surface area contributed by atoms with E-state index in [0.29, 0.717) is 10.0 Å². The minimum Gasteiger partial charge on any atom is -0.378 e. The van der Waals surface area contributed by atoms with E-state index in [4.69, 9.17) is 23.2 Å². The maximum absolute atomic E-state index is 6.41. The summed E-state index contributed by atoms with van der Waals surface area (Å²) in [5.74, 6) is 0. The molecule has 0 spiro atoms. The second-order valence-corrected chi connectivity index (χ2v) is 10.0. The van der Waals surface area contributed by atoms with Crippen LogP contribution in [0, 0.1) is 0 Å². The molecule has 0 saturated heterocycles. The Morgan fingerprint density at radius 2 is 0.946 bits per heavy atom. The first kappa shape index (κ1) is 26.5. The molecule has 0 unspecified atom stereocenters. The second kappa shape index (κ2) is 12.1. The zero-order valence-corrected chi connectivity index (χ0v) is 23.0. The molecule has 0 heterocycles. The molecule has 0 saturated carbocycles. The summed E-state index contributed by atoms with van der Waals surface area (Å²) in [7, 11) is 7.97. The summed E-state index contributed by atoms with van der Waals surface area (Å²) >= 11 is 12.8. The number of nitrogens with zero attached hydrogens (tertiary/aromatic N) is 4. The zero-order chi connectivity index (χ0) is 26.4. The van der Waals surface area contributed by atoms with E-state index in [-0.39, 0.29) is 0 Å². The summed E-state index contributed by atoms with van der Waals surface area (Å²) < 4.78 is 0. The molecule has 188 valence electrons. The van der Waals surface area contributed by atoms with E-state index in [9.17, 15) is 0 Å². The Hall–Kier alpha value is -3.60. The van der Waals surface area contributed by atoms with Gasteiger partial charge in [0.2, 0.25) is 0 Å².